The second kappa shape index (κ2) is 11.8. The fourth-order valence-corrected chi connectivity index (χ4v) is 9.25. The summed E-state index contributed by atoms with van der Waals surface area (Å²) < 4.78 is 5.14. The average molecular weight is 674 g/mol. The first kappa shape index (κ1) is 29.0. The lowest BCUT2D eigenvalue weighted by Crippen LogP contribution is -2.01. The molecule has 0 aliphatic heterocycles. The molecular formula is C45H27N3S2. The number of hydrogen-bond donors (Lipinski definition) is 0. The number of aromatic nitrogens is 3. The largest absolute Gasteiger partial charge is 0.208 e. The van der Waals surface area contributed by atoms with Crippen molar-refractivity contribution >= 4 is 63.0 Å². The van der Waals surface area contributed by atoms with Gasteiger partial charge in [-0.3, -0.25) is 0 Å². The molecule has 0 aliphatic rings. The second-order valence-electron chi connectivity index (χ2n) is 12.4. The van der Waals surface area contributed by atoms with Gasteiger partial charge in [-0.05, 0) is 47.0 Å². The van der Waals surface area contributed by atoms with Gasteiger partial charge in [-0.15, -0.1) is 22.7 Å². The van der Waals surface area contributed by atoms with E-state index in [0.29, 0.717) is 17.5 Å². The highest BCUT2D eigenvalue weighted by Crippen LogP contribution is 2.44. The van der Waals surface area contributed by atoms with Crippen LogP contribution < -0.4 is 0 Å². The van der Waals surface area contributed by atoms with Crippen LogP contribution in [-0.2, 0) is 0 Å². The van der Waals surface area contributed by atoms with Crippen molar-refractivity contribution in [1.82, 2.24) is 15.0 Å². The minimum absolute atomic E-state index is 0.648. The molecule has 0 bridgehead atoms. The summed E-state index contributed by atoms with van der Waals surface area (Å²) in [5.41, 5.74) is 7.42. The van der Waals surface area contributed by atoms with Gasteiger partial charge in [0.2, 0.25) is 0 Å². The Morgan fingerprint density at radius 3 is 1.56 bits per heavy atom. The van der Waals surface area contributed by atoms with Crippen LogP contribution in [0.3, 0.4) is 0 Å². The summed E-state index contributed by atoms with van der Waals surface area (Å²) >= 11 is 3.68. The molecule has 0 atom stereocenters. The smallest absolute Gasteiger partial charge is 0.164 e. The van der Waals surface area contributed by atoms with Gasteiger partial charge in [0.05, 0.1) is 0 Å². The third-order valence-electron chi connectivity index (χ3n) is 9.36. The number of nitrogens with zero attached hydrogens (tertiary/aromatic N) is 3. The zero-order valence-electron chi connectivity index (χ0n) is 26.7. The third-order valence-corrected chi connectivity index (χ3v) is 11.7. The number of hydrogen-bond acceptors (Lipinski definition) is 5. The van der Waals surface area contributed by atoms with Gasteiger partial charge in [-0.25, -0.2) is 15.0 Å². The fraction of sp³-hybridized carbons (Fsp3) is 0. The van der Waals surface area contributed by atoms with Crippen LogP contribution in [0.1, 0.15) is 0 Å². The van der Waals surface area contributed by atoms with Crippen molar-refractivity contribution in [2.24, 2.45) is 0 Å². The van der Waals surface area contributed by atoms with E-state index in [9.17, 15) is 0 Å². The van der Waals surface area contributed by atoms with E-state index in [4.69, 9.17) is 15.0 Å². The van der Waals surface area contributed by atoms with E-state index < -0.39 is 0 Å². The zero-order valence-corrected chi connectivity index (χ0v) is 28.4. The number of rotatable bonds is 5. The van der Waals surface area contributed by atoms with Crippen LogP contribution in [0.5, 0.6) is 0 Å². The fourth-order valence-electron chi connectivity index (χ4n) is 6.94. The standard InChI is InChI=1S/C45H27N3S2/c1-3-12-28(13-4-1)43-46-44(29-14-5-2-6-15-29)48-45(47-43)38-27-30(31-23-25-41-37(26-31)34-17-8-9-20-39(34)49-41)22-24-32(38)35-18-11-19-36-33-16-7-10-21-40(33)50-42(35)36/h1-27H. The molecule has 0 N–H and O–H groups in total. The summed E-state index contributed by atoms with van der Waals surface area (Å²) in [6, 6.07) is 58.0. The third kappa shape index (κ3) is 4.90. The number of benzene rings is 7. The lowest BCUT2D eigenvalue weighted by molar-refractivity contribution is 1.07. The Bertz CT molecular complexity index is 2810. The molecule has 3 nitrogen and oxygen atoms in total. The van der Waals surface area contributed by atoms with E-state index in [-0.39, 0.29) is 0 Å². The summed E-state index contributed by atoms with van der Waals surface area (Å²) in [5.74, 6) is 1.95. The quantitative estimate of drug-likeness (QED) is 0.182. The summed E-state index contributed by atoms with van der Waals surface area (Å²) in [6.07, 6.45) is 0. The molecule has 0 aliphatic carbocycles. The van der Waals surface area contributed by atoms with Gasteiger partial charge in [0, 0.05) is 62.6 Å². The van der Waals surface area contributed by atoms with Gasteiger partial charge < -0.3 is 0 Å². The Labute approximate surface area is 296 Å². The lowest BCUT2D eigenvalue weighted by Gasteiger charge is -2.15. The number of thiophene rings is 2. The van der Waals surface area contributed by atoms with E-state index in [1.54, 1.807) is 0 Å². The Morgan fingerprint density at radius 2 is 0.840 bits per heavy atom. The van der Waals surface area contributed by atoms with Gasteiger partial charge in [0.1, 0.15) is 0 Å². The molecule has 3 aromatic heterocycles. The molecule has 7 aromatic carbocycles. The molecule has 0 unspecified atom stereocenters. The number of fused-ring (bicyclic) bond motifs is 6. The molecular weight excluding hydrogens is 647 g/mol. The molecule has 0 fully saturated rings. The van der Waals surface area contributed by atoms with Crippen LogP contribution in [0.2, 0.25) is 0 Å². The van der Waals surface area contributed by atoms with Crippen LogP contribution >= 0.6 is 22.7 Å². The predicted molar refractivity (Wildman–Crippen MR) is 213 cm³/mol. The minimum atomic E-state index is 0.648. The van der Waals surface area contributed by atoms with E-state index in [1.807, 2.05) is 59.1 Å². The summed E-state index contributed by atoms with van der Waals surface area (Å²) in [6.45, 7) is 0. The van der Waals surface area contributed by atoms with Crippen LogP contribution in [0.25, 0.3) is 96.8 Å². The van der Waals surface area contributed by atoms with Gasteiger partial charge in [-0.2, -0.15) is 0 Å². The summed E-state index contributed by atoms with van der Waals surface area (Å²) in [4.78, 5) is 15.4. The van der Waals surface area contributed by atoms with Gasteiger partial charge in [0.25, 0.3) is 0 Å². The highest BCUT2D eigenvalue weighted by molar-refractivity contribution is 7.26. The Balaban J connectivity index is 1.25. The first-order valence-electron chi connectivity index (χ1n) is 16.6. The van der Waals surface area contributed by atoms with Gasteiger partial charge in [0.15, 0.2) is 17.5 Å². The van der Waals surface area contributed by atoms with Gasteiger partial charge in [-0.1, -0.05) is 133 Å². The first-order valence-corrected chi connectivity index (χ1v) is 18.2. The molecule has 0 spiro atoms. The van der Waals surface area contributed by atoms with Gasteiger partial charge >= 0.3 is 0 Å². The normalized spacial score (nSPS) is 11.6. The molecule has 0 saturated heterocycles. The Kier molecular flexibility index (Phi) is 6.86. The van der Waals surface area contributed by atoms with E-state index >= 15 is 0 Å². The van der Waals surface area contributed by atoms with Crippen molar-refractivity contribution in [1.29, 1.82) is 0 Å². The van der Waals surface area contributed by atoms with Crippen LogP contribution in [0.15, 0.2) is 164 Å². The van der Waals surface area contributed by atoms with Crippen molar-refractivity contribution < 1.29 is 0 Å². The maximum atomic E-state index is 5.21. The predicted octanol–water partition coefficient (Wildman–Crippen LogP) is 12.9. The topological polar surface area (TPSA) is 38.7 Å². The maximum Gasteiger partial charge on any atom is 0.164 e. The molecule has 0 radical (unpaired) electrons. The first-order chi connectivity index (χ1) is 24.8. The Hall–Kier alpha value is -6.01. The van der Waals surface area contributed by atoms with Crippen LogP contribution in [0.4, 0.5) is 0 Å². The van der Waals surface area contributed by atoms with E-state index in [0.717, 1.165) is 33.4 Å². The van der Waals surface area contributed by atoms with E-state index in [2.05, 4.69) is 127 Å². The molecule has 0 amide bonds. The SMILES string of the molecule is c1ccc(-c2nc(-c3ccccc3)nc(-c3cc(-c4ccc5sc6ccccc6c5c4)ccc3-c3cccc4c3sc3ccccc34)n2)cc1. The molecule has 10 aromatic rings. The molecule has 0 saturated carbocycles. The minimum Gasteiger partial charge on any atom is -0.208 e. The maximum absolute atomic E-state index is 5.21. The molecule has 5 heteroatoms. The molecule has 50 heavy (non-hydrogen) atoms. The van der Waals surface area contributed by atoms with Crippen molar-refractivity contribution in [2.75, 3.05) is 0 Å². The van der Waals surface area contributed by atoms with Crippen LogP contribution in [0, 0.1) is 0 Å². The molecule has 10 rings (SSSR count). The monoisotopic (exact) mass is 673 g/mol. The molecule has 3 heterocycles. The van der Waals surface area contributed by atoms with Crippen molar-refractivity contribution in [3.05, 3.63) is 164 Å². The highest BCUT2D eigenvalue weighted by Gasteiger charge is 2.20. The summed E-state index contributed by atoms with van der Waals surface area (Å²) in [7, 11) is 0. The lowest BCUT2D eigenvalue weighted by atomic mass is 9.93. The van der Waals surface area contributed by atoms with Crippen LogP contribution in [-0.4, -0.2) is 15.0 Å². The van der Waals surface area contributed by atoms with Crippen molar-refractivity contribution in [3.8, 4) is 56.4 Å². The average Bonchev–Trinajstić information content (AvgIpc) is 3.76. The second-order valence-corrected chi connectivity index (χ2v) is 14.5. The van der Waals surface area contributed by atoms with E-state index in [1.165, 1.54) is 45.9 Å². The van der Waals surface area contributed by atoms with Crippen molar-refractivity contribution in [3.63, 3.8) is 0 Å². The Morgan fingerprint density at radius 1 is 0.300 bits per heavy atom. The highest BCUT2D eigenvalue weighted by atomic mass is 32.1. The molecule has 234 valence electrons. The zero-order chi connectivity index (χ0) is 33.0. The van der Waals surface area contributed by atoms with Crippen molar-refractivity contribution in [2.45, 2.75) is 0 Å². The summed E-state index contributed by atoms with van der Waals surface area (Å²) in [5, 5.41) is 5.11.